The van der Waals surface area contributed by atoms with E-state index in [2.05, 4.69) is 15.0 Å². The molecule has 0 saturated carbocycles. The Labute approximate surface area is 162 Å². The highest BCUT2D eigenvalue weighted by molar-refractivity contribution is 7.52. The van der Waals surface area contributed by atoms with Crippen molar-refractivity contribution in [1.29, 1.82) is 0 Å². The van der Waals surface area contributed by atoms with Crippen LogP contribution in [0.5, 0.6) is 0 Å². The van der Waals surface area contributed by atoms with Gasteiger partial charge in [-0.05, 0) is 13.8 Å². The molecular weight excluding hydrogens is 389 g/mol. The summed E-state index contributed by atoms with van der Waals surface area (Å²) in [7, 11) is -4.21. The van der Waals surface area contributed by atoms with Gasteiger partial charge in [0.2, 0.25) is 0 Å². The molecule has 1 fully saturated rings. The lowest BCUT2D eigenvalue weighted by Crippen LogP contribution is -2.38. The normalized spacial score (nSPS) is 27.7. The second kappa shape index (κ2) is 8.02. The quantitative estimate of drug-likeness (QED) is 0.609. The third kappa shape index (κ3) is 4.05. The van der Waals surface area contributed by atoms with Crippen molar-refractivity contribution in [3.63, 3.8) is 0 Å². The molecule has 3 rings (SSSR count). The van der Waals surface area contributed by atoms with Crippen molar-refractivity contribution >= 4 is 24.6 Å². The van der Waals surface area contributed by atoms with E-state index in [0.29, 0.717) is 11.2 Å². The minimum absolute atomic E-state index is 0.0533. The van der Waals surface area contributed by atoms with Gasteiger partial charge in [-0.3, -0.25) is 4.57 Å². The van der Waals surface area contributed by atoms with Gasteiger partial charge in [-0.25, -0.2) is 15.0 Å². The van der Waals surface area contributed by atoms with Crippen LogP contribution in [0.25, 0.3) is 11.2 Å². The van der Waals surface area contributed by atoms with E-state index in [-0.39, 0.29) is 18.5 Å². The Morgan fingerprint density at radius 2 is 2.07 bits per heavy atom. The first-order valence-electron chi connectivity index (χ1n) is 8.99. The first kappa shape index (κ1) is 21.1. The van der Waals surface area contributed by atoms with Crippen LogP contribution in [0.4, 0.5) is 5.82 Å². The van der Waals surface area contributed by atoms with Gasteiger partial charge in [0, 0.05) is 5.66 Å². The molecule has 2 unspecified atom stereocenters. The van der Waals surface area contributed by atoms with Gasteiger partial charge in [-0.15, -0.1) is 0 Å². The summed E-state index contributed by atoms with van der Waals surface area (Å²) in [5.74, 6) is 0.188. The van der Waals surface area contributed by atoms with Crippen LogP contribution in [0.1, 0.15) is 33.9 Å². The summed E-state index contributed by atoms with van der Waals surface area (Å²) in [4.78, 5) is 24.5. The Kier molecular flexibility index (Phi) is 6.04. The van der Waals surface area contributed by atoms with Crippen molar-refractivity contribution in [1.82, 2.24) is 19.5 Å². The van der Waals surface area contributed by atoms with Gasteiger partial charge in [0.1, 0.15) is 37.8 Å². The summed E-state index contributed by atoms with van der Waals surface area (Å²) in [6.07, 6.45) is -1.63. The van der Waals surface area contributed by atoms with Crippen LogP contribution in [-0.2, 0) is 18.6 Å². The number of nitrogens with zero attached hydrogens (tertiary/aromatic N) is 4. The van der Waals surface area contributed by atoms with Gasteiger partial charge in [0.25, 0.3) is 0 Å². The molecule has 1 aliphatic rings. The first-order chi connectivity index (χ1) is 13.1. The molecule has 2 aromatic rings. The monoisotopic (exact) mass is 414 g/mol. The van der Waals surface area contributed by atoms with Crippen molar-refractivity contribution in [2.24, 2.45) is 0 Å². The minimum atomic E-state index is -4.21. The molecule has 0 aliphatic carbocycles. The highest BCUT2D eigenvalue weighted by atomic mass is 31.2. The van der Waals surface area contributed by atoms with Crippen molar-refractivity contribution in [2.75, 3.05) is 12.3 Å². The third-order valence-corrected chi connectivity index (χ3v) is 6.27. The van der Waals surface area contributed by atoms with Crippen LogP contribution in [0.2, 0.25) is 0 Å². The maximum Gasteiger partial charge on any atom is 0.167 e. The van der Waals surface area contributed by atoms with Gasteiger partial charge >= 0.3 is 0 Å². The molecule has 3 heterocycles. The number of aromatic nitrogens is 4. The van der Waals surface area contributed by atoms with E-state index in [1.165, 1.54) is 31.1 Å². The Morgan fingerprint density at radius 1 is 1.36 bits per heavy atom. The number of hydrogen-bond acceptors (Lipinski definition) is 10. The Hall–Kier alpha value is -1.62. The number of ether oxygens (including phenoxy) is 2. The van der Waals surface area contributed by atoms with Crippen LogP contribution in [-0.4, -0.2) is 61.3 Å². The first-order valence-corrected chi connectivity index (χ1v) is 10.6. The molecule has 12 heteroatoms. The average molecular weight is 414 g/mol. The average Bonchev–Trinajstić information content (AvgIpc) is 3.16. The maximum atomic E-state index is 12.3. The predicted molar refractivity (Wildman–Crippen MR) is 98.4 cm³/mol. The largest absolute Gasteiger partial charge is 0.778 e. The number of aliphatic hydroxyl groups is 1. The van der Waals surface area contributed by atoms with E-state index in [4.69, 9.17) is 19.7 Å². The number of rotatable bonds is 7. The SMILES string of the molecule is CC(C)OC[C@H]1O[C@@H](n2cnc3c(N)ncnc32)C(O)[C@H]1OP(=O)([O-])C(C)C. The Balaban J connectivity index is 1.92. The third-order valence-electron chi connectivity index (χ3n) is 4.47. The molecule has 11 nitrogen and oxygen atoms in total. The molecule has 156 valence electrons. The standard InChI is InChI=1S/C16H26N5O6P/c1-8(2)25-5-10-13(27-28(23,24)9(3)4)12(22)16(26-10)21-7-20-11-14(17)18-6-19-15(11)21/h6-10,12-13,16,22H,5H2,1-4H3,(H,23,24)(H2,17,18,19)/p-1/t10-,12?,13+,16-/m1/s1. The second-order valence-electron chi connectivity index (χ2n) is 7.22. The zero-order valence-corrected chi connectivity index (χ0v) is 17.0. The number of anilines is 1. The minimum Gasteiger partial charge on any atom is -0.778 e. The van der Waals surface area contributed by atoms with E-state index in [9.17, 15) is 14.6 Å². The number of aliphatic hydroxyl groups excluding tert-OH is 1. The number of hydrogen-bond donors (Lipinski definition) is 2. The summed E-state index contributed by atoms with van der Waals surface area (Å²) in [6, 6.07) is 0. The molecule has 0 amide bonds. The van der Waals surface area contributed by atoms with E-state index in [1.54, 1.807) is 0 Å². The van der Waals surface area contributed by atoms with Gasteiger partial charge in [-0.2, -0.15) is 0 Å². The lowest BCUT2D eigenvalue weighted by atomic mass is 10.1. The van der Waals surface area contributed by atoms with Gasteiger partial charge in [-0.1, -0.05) is 13.8 Å². The van der Waals surface area contributed by atoms with E-state index in [1.807, 2.05) is 13.8 Å². The van der Waals surface area contributed by atoms with Crippen molar-refractivity contribution in [2.45, 2.75) is 64.0 Å². The molecule has 3 N–H and O–H groups in total. The molecule has 1 aliphatic heterocycles. The molecule has 1 saturated heterocycles. The zero-order valence-electron chi connectivity index (χ0n) is 16.1. The Bertz CT molecular complexity index is 874. The molecular formula is C16H25N5O6P-. The fraction of sp³-hybridized carbons (Fsp3) is 0.688. The van der Waals surface area contributed by atoms with E-state index in [0.717, 1.165) is 0 Å². The van der Waals surface area contributed by atoms with E-state index < -0.39 is 37.8 Å². The summed E-state index contributed by atoms with van der Waals surface area (Å²) < 4.78 is 30.6. The number of imidazole rings is 1. The fourth-order valence-corrected chi connectivity index (χ4v) is 3.69. The highest BCUT2D eigenvalue weighted by Crippen LogP contribution is 2.48. The predicted octanol–water partition coefficient (Wildman–Crippen LogP) is 0.439. The van der Waals surface area contributed by atoms with Crippen LogP contribution in [0.15, 0.2) is 12.7 Å². The summed E-state index contributed by atoms with van der Waals surface area (Å²) >= 11 is 0. The zero-order chi connectivity index (χ0) is 20.6. The van der Waals surface area contributed by atoms with Crippen molar-refractivity contribution in [3.05, 3.63) is 12.7 Å². The maximum absolute atomic E-state index is 12.3. The molecule has 0 bridgehead atoms. The van der Waals surface area contributed by atoms with Crippen molar-refractivity contribution < 1.29 is 28.6 Å². The molecule has 28 heavy (non-hydrogen) atoms. The lowest BCUT2D eigenvalue weighted by Gasteiger charge is -2.33. The molecule has 5 atom stereocenters. The number of nitrogens with two attached hydrogens (primary N) is 1. The highest BCUT2D eigenvalue weighted by Gasteiger charge is 2.48. The molecule has 0 aromatic carbocycles. The van der Waals surface area contributed by atoms with Crippen LogP contribution < -0.4 is 10.6 Å². The van der Waals surface area contributed by atoms with E-state index >= 15 is 0 Å². The molecule has 0 radical (unpaired) electrons. The van der Waals surface area contributed by atoms with Gasteiger partial charge < -0.3 is 34.3 Å². The lowest BCUT2D eigenvalue weighted by molar-refractivity contribution is -0.209. The topological polar surface area (TPSA) is 158 Å². The van der Waals surface area contributed by atoms with Crippen LogP contribution in [0.3, 0.4) is 0 Å². The fourth-order valence-electron chi connectivity index (χ4n) is 2.85. The molecule has 2 aromatic heterocycles. The molecule has 0 spiro atoms. The van der Waals surface area contributed by atoms with Crippen LogP contribution in [0, 0.1) is 0 Å². The van der Waals surface area contributed by atoms with Crippen molar-refractivity contribution in [3.8, 4) is 0 Å². The van der Waals surface area contributed by atoms with Crippen LogP contribution >= 0.6 is 7.60 Å². The van der Waals surface area contributed by atoms with Gasteiger partial charge in [0.05, 0.1) is 19.0 Å². The Morgan fingerprint density at radius 3 is 2.71 bits per heavy atom. The summed E-state index contributed by atoms with van der Waals surface area (Å²) in [5.41, 5.74) is 5.77. The number of nitrogen functional groups attached to an aromatic ring is 1. The smallest absolute Gasteiger partial charge is 0.167 e. The second-order valence-corrected chi connectivity index (χ2v) is 9.55. The van der Waals surface area contributed by atoms with Gasteiger partial charge in [0.15, 0.2) is 17.7 Å². The summed E-state index contributed by atoms with van der Waals surface area (Å²) in [6.45, 7) is 6.76. The number of fused-ring (bicyclic) bond motifs is 1. The summed E-state index contributed by atoms with van der Waals surface area (Å²) in [5, 5.41) is 10.8.